The summed E-state index contributed by atoms with van der Waals surface area (Å²) in [5.74, 6) is 0.876. The van der Waals surface area contributed by atoms with Crippen molar-refractivity contribution in [3.05, 3.63) is 41.3 Å². The number of carbonyl (C=O) groups excluding carboxylic acids is 1. The van der Waals surface area contributed by atoms with Crippen molar-refractivity contribution in [2.24, 2.45) is 0 Å². The highest BCUT2D eigenvalue weighted by Gasteiger charge is 2.26. The number of amides is 1. The monoisotopic (exact) mass is 331 g/mol. The van der Waals surface area contributed by atoms with Crippen LogP contribution in [-0.2, 0) is 11.3 Å². The standard InChI is InChI=1S/C18H21NO3S/c1-18(2,3)22-17(20)19-9-10-21-16-13(12-19)6-4-7-14(16)15-8-5-11-23-15/h4-8,11H,9-10,12H2,1-3H3. The van der Waals surface area contributed by atoms with Gasteiger partial charge in [0.15, 0.2) is 0 Å². The van der Waals surface area contributed by atoms with Crippen LogP contribution in [0.15, 0.2) is 35.7 Å². The Kier molecular flexibility index (Phi) is 4.31. The van der Waals surface area contributed by atoms with Crippen LogP contribution in [0.1, 0.15) is 26.3 Å². The van der Waals surface area contributed by atoms with Gasteiger partial charge < -0.3 is 14.4 Å². The number of para-hydroxylation sites is 1. The Morgan fingerprint density at radius 3 is 2.78 bits per heavy atom. The lowest BCUT2D eigenvalue weighted by Gasteiger charge is -2.26. The van der Waals surface area contributed by atoms with Crippen LogP contribution in [-0.4, -0.2) is 29.7 Å². The number of ether oxygens (including phenoxy) is 2. The topological polar surface area (TPSA) is 38.8 Å². The summed E-state index contributed by atoms with van der Waals surface area (Å²) in [6, 6.07) is 10.2. The van der Waals surface area contributed by atoms with Crippen molar-refractivity contribution in [3.63, 3.8) is 0 Å². The van der Waals surface area contributed by atoms with Gasteiger partial charge in [-0.3, -0.25) is 0 Å². The summed E-state index contributed by atoms with van der Waals surface area (Å²) in [4.78, 5) is 15.2. The fourth-order valence-corrected chi connectivity index (χ4v) is 3.28. The Hall–Kier alpha value is -2.01. The van der Waals surface area contributed by atoms with Gasteiger partial charge in [0.1, 0.15) is 18.0 Å². The molecule has 0 aliphatic carbocycles. The van der Waals surface area contributed by atoms with E-state index in [9.17, 15) is 4.79 Å². The molecule has 0 radical (unpaired) electrons. The van der Waals surface area contributed by atoms with Crippen LogP contribution in [0.5, 0.6) is 5.75 Å². The molecule has 2 aromatic rings. The summed E-state index contributed by atoms with van der Waals surface area (Å²) in [6.45, 7) is 7.12. The van der Waals surface area contributed by atoms with E-state index in [1.807, 2.05) is 39.0 Å². The molecular weight excluding hydrogens is 310 g/mol. The van der Waals surface area contributed by atoms with Gasteiger partial charge in [0.2, 0.25) is 0 Å². The van der Waals surface area contributed by atoms with Gasteiger partial charge in [-0.2, -0.15) is 0 Å². The average molecular weight is 331 g/mol. The van der Waals surface area contributed by atoms with Crippen LogP contribution < -0.4 is 4.74 Å². The molecule has 1 amide bonds. The lowest BCUT2D eigenvalue weighted by molar-refractivity contribution is 0.0225. The maximum absolute atomic E-state index is 12.3. The Morgan fingerprint density at radius 1 is 1.26 bits per heavy atom. The number of hydrogen-bond acceptors (Lipinski definition) is 4. The average Bonchev–Trinajstić information content (AvgIpc) is 2.90. The molecule has 0 unspecified atom stereocenters. The zero-order valence-electron chi connectivity index (χ0n) is 13.7. The molecule has 1 aromatic carbocycles. The summed E-state index contributed by atoms with van der Waals surface area (Å²) < 4.78 is 11.5. The molecule has 2 heterocycles. The zero-order valence-corrected chi connectivity index (χ0v) is 14.5. The summed E-state index contributed by atoms with van der Waals surface area (Å²) in [7, 11) is 0. The van der Waals surface area contributed by atoms with Crippen LogP contribution in [0.3, 0.4) is 0 Å². The van der Waals surface area contributed by atoms with E-state index in [-0.39, 0.29) is 6.09 Å². The normalized spacial score (nSPS) is 14.7. The summed E-state index contributed by atoms with van der Waals surface area (Å²) in [6.07, 6.45) is -0.296. The van der Waals surface area contributed by atoms with Gasteiger partial charge in [-0.1, -0.05) is 18.2 Å². The van der Waals surface area contributed by atoms with Gasteiger partial charge in [0.05, 0.1) is 13.1 Å². The molecule has 0 fully saturated rings. The fourth-order valence-electron chi connectivity index (χ4n) is 2.53. The number of benzene rings is 1. The van der Waals surface area contributed by atoms with Crippen molar-refractivity contribution in [2.45, 2.75) is 32.9 Å². The third-order valence-electron chi connectivity index (χ3n) is 3.50. The van der Waals surface area contributed by atoms with E-state index in [0.29, 0.717) is 19.7 Å². The van der Waals surface area contributed by atoms with Crippen molar-refractivity contribution in [3.8, 4) is 16.2 Å². The molecule has 1 aromatic heterocycles. The van der Waals surface area contributed by atoms with Gasteiger partial charge in [0, 0.05) is 16.0 Å². The fraction of sp³-hybridized carbons (Fsp3) is 0.389. The molecule has 0 N–H and O–H groups in total. The SMILES string of the molecule is CC(C)(C)OC(=O)N1CCOc2c(cccc2-c2cccs2)C1. The van der Waals surface area contributed by atoms with Crippen molar-refractivity contribution in [1.82, 2.24) is 4.90 Å². The van der Waals surface area contributed by atoms with Crippen LogP contribution in [0.4, 0.5) is 4.79 Å². The molecule has 4 nitrogen and oxygen atoms in total. The lowest BCUT2D eigenvalue weighted by Crippen LogP contribution is -2.37. The van der Waals surface area contributed by atoms with Gasteiger partial charge in [0.25, 0.3) is 0 Å². The zero-order chi connectivity index (χ0) is 16.4. The first-order valence-corrected chi connectivity index (χ1v) is 8.58. The van der Waals surface area contributed by atoms with Gasteiger partial charge in [-0.25, -0.2) is 4.79 Å². The highest BCUT2D eigenvalue weighted by Crippen LogP contribution is 2.37. The second kappa shape index (κ2) is 6.24. The van der Waals surface area contributed by atoms with E-state index in [1.165, 1.54) is 4.88 Å². The first-order chi connectivity index (χ1) is 10.9. The lowest BCUT2D eigenvalue weighted by atomic mass is 10.1. The van der Waals surface area contributed by atoms with Gasteiger partial charge >= 0.3 is 6.09 Å². The van der Waals surface area contributed by atoms with Crippen molar-refractivity contribution in [1.29, 1.82) is 0 Å². The second-order valence-corrected chi connectivity index (χ2v) is 7.47. The Bertz CT molecular complexity index is 689. The van der Waals surface area contributed by atoms with Gasteiger partial charge in [-0.15, -0.1) is 11.3 Å². The van der Waals surface area contributed by atoms with E-state index in [4.69, 9.17) is 9.47 Å². The van der Waals surface area contributed by atoms with E-state index >= 15 is 0 Å². The van der Waals surface area contributed by atoms with Crippen molar-refractivity contribution < 1.29 is 14.3 Å². The largest absolute Gasteiger partial charge is 0.491 e. The molecule has 0 saturated heterocycles. The highest BCUT2D eigenvalue weighted by molar-refractivity contribution is 7.13. The number of hydrogen-bond donors (Lipinski definition) is 0. The highest BCUT2D eigenvalue weighted by atomic mass is 32.1. The molecule has 1 aliphatic rings. The van der Waals surface area contributed by atoms with E-state index in [0.717, 1.165) is 16.9 Å². The molecule has 3 rings (SSSR count). The Balaban J connectivity index is 1.87. The molecule has 0 spiro atoms. The quantitative estimate of drug-likeness (QED) is 0.770. The predicted molar refractivity (Wildman–Crippen MR) is 91.9 cm³/mol. The molecule has 0 atom stereocenters. The van der Waals surface area contributed by atoms with Crippen LogP contribution >= 0.6 is 11.3 Å². The third kappa shape index (κ3) is 3.67. The summed E-state index contributed by atoms with van der Waals surface area (Å²) in [5.41, 5.74) is 1.61. The molecule has 23 heavy (non-hydrogen) atoms. The molecule has 0 bridgehead atoms. The number of carbonyl (C=O) groups is 1. The third-order valence-corrected chi connectivity index (χ3v) is 4.41. The Morgan fingerprint density at radius 2 is 2.09 bits per heavy atom. The molecule has 1 aliphatic heterocycles. The first kappa shape index (κ1) is 15.9. The smallest absolute Gasteiger partial charge is 0.410 e. The minimum Gasteiger partial charge on any atom is -0.491 e. The molecule has 0 saturated carbocycles. The van der Waals surface area contributed by atoms with Crippen molar-refractivity contribution in [2.75, 3.05) is 13.2 Å². The second-order valence-electron chi connectivity index (χ2n) is 6.52. The minimum atomic E-state index is -0.494. The van der Waals surface area contributed by atoms with E-state index in [1.54, 1.807) is 16.2 Å². The van der Waals surface area contributed by atoms with Crippen LogP contribution in [0.2, 0.25) is 0 Å². The minimum absolute atomic E-state index is 0.296. The number of fused-ring (bicyclic) bond motifs is 1. The number of rotatable bonds is 1. The molecular formula is C18H21NO3S. The molecule has 5 heteroatoms. The van der Waals surface area contributed by atoms with Gasteiger partial charge in [-0.05, 0) is 38.3 Å². The predicted octanol–water partition coefficient (Wildman–Crippen LogP) is 4.54. The van der Waals surface area contributed by atoms with Crippen LogP contribution in [0.25, 0.3) is 10.4 Å². The maximum atomic E-state index is 12.3. The summed E-state index contributed by atoms with van der Waals surface area (Å²) in [5, 5.41) is 2.05. The maximum Gasteiger partial charge on any atom is 0.410 e. The number of nitrogens with zero attached hydrogens (tertiary/aromatic N) is 1. The van der Waals surface area contributed by atoms with E-state index < -0.39 is 5.60 Å². The molecule has 122 valence electrons. The van der Waals surface area contributed by atoms with Crippen LogP contribution in [0, 0.1) is 0 Å². The first-order valence-electron chi connectivity index (χ1n) is 7.70. The van der Waals surface area contributed by atoms with Crippen molar-refractivity contribution >= 4 is 17.4 Å². The summed E-state index contributed by atoms with van der Waals surface area (Å²) >= 11 is 1.69. The van der Waals surface area contributed by atoms with E-state index in [2.05, 4.69) is 17.5 Å². The Labute approximate surface area is 140 Å². The number of thiophene rings is 1.